The SMILES string of the molecule is CC(=O)N[C@@H]1CCN(c2cc3c(N[C@H](C)c4ccc(F)c(F)c4)nc(C)nc3cn2)C1. The fourth-order valence-electron chi connectivity index (χ4n) is 3.86. The summed E-state index contributed by atoms with van der Waals surface area (Å²) in [4.78, 5) is 27.0. The van der Waals surface area contributed by atoms with Gasteiger partial charge >= 0.3 is 0 Å². The molecule has 3 heterocycles. The lowest BCUT2D eigenvalue weighted by molar-refractivity contribution is -0.119. The zero-order valence-electron chi connectivity index (χ0n) is 17.6. The maximum absolute atomic E-state index is 13.7. The van der Waals surface area contributed by atoms with Crippen LogP contribution in [0, 0.1) is 18.6 Å². The highest BCUT2D eigenvalue weighted by Crippen LogP contribution is 2.29. The fraction of sp³-hybridized carbons (Fsp3) is 0.364. The molecule has 4 rings (SSSR count). The summed E-state index contributed by atoms with van der Waals surface area (Å²) in [6.45, 7) is 6.63. The zero-order valence-corrected chi connectivity index (χ0v) is 17.6. The first-order chi connectivity index (χ1) is 14.8. The third-order valence-electron chi connectivity index (χ3n) is 5.40. The molecule has 0 bridgehead atoms. The molecule has 9 heteroatoms. The van der Waals surface area contributed by atoms with Crippen LogP contribution in [0.1, 0.15) is 37.7 Å². The van der Waals surface area contributed by atoms with Gasteiger partial charge in [0.15, 0.2) is 11.6 Å². The van der Waals surface area contributed by atoms with Crippen LogP contribution >= 0.6 is 0 Å². The number of pyridine rings is 1. The molecule has 0 aliphatic carbocycles. The van der Waals surface area contributed by atoms with Crippen LogP contribution in [0.25, 0.3) is 10.9 Å². The summed E-state index contributed by atoms with van der Waals surface area (Å²) in [5.74, 6) is 0.147. The Labute approximate surface area is 178 Å². The fourth-order valence-corrected chi connectivity index (χ4v) is 3.86. The molecule has 1 fully saturated rings. The quantitative estimate of drug-likeness (QED) is 0.650. The minimum atomic E-state index is -0.885. The molecule has 0 radical (unpaired) electrons. The molecule has 0 unspecified atom stereocenters. The largest absolute Gasteiger partial charge is 0.363 e. The van der Waals surface area contributed by atoms with Crippen molar-refractivity contribution in [3.63, 3.8) is 0 Å². The van der Waals surface area contributed by atoms with E-state index in [1.807, 2.05) is 13.0 Å². The lowest BCUT2D eigenvalue weighted by atomic mass is 10.1. The summed E-state index contributed by atoms with van der Waals surface area (Å²) in [5.41, 5.74) is 1.30. The topological polar surface area (TPSA) is 83.0 Å². The molecule has 1 aliphatic heterocycles. The molecule has 7 nitrogen and oxygen atoms in total. The van der Waals surface area contributed by atoms with Crippen LogP contribution < -0.4 is 15.5 Å². The predicted octanol–water partition coefficient (Wildman–Crippen LogP) is 3.50. The number of fused-ring (bicyclic) bond motifs is 1. The lowest BCUT2D eigenvalue weighted by Gasteiger charge is -2.20. The van der Waals surface area contributed by atoms with E-state index in [-0.39, 0.29) is 18.0 Å². The van der Waals surface area contributed by atoms with E-state index in [2.05, 4.69) is 30.5 Å². The van der Waals surface area contributed by atoms with Crippen molar-refractivity contribution in [1.29, 1.82) is 0 Å². The molecule has 1 amide bonds. The molecule has 0 saturated carbocycles. The second kappa shape index (κ2) is 8.41. The second-order valence-electron chi connectivity index (χ2n) is 7.85. The Balaban J connectivity index is 1.63. The second-order valence-corrected chi connectivity index (χ2v) is 7.85. The maximum atomic E-state index is 13.7. The molecule has 2 atom stereocenters. The minimum Gasteiger partial charge on any atom is -0.363 e. The van der Waals surface area contributed by atoms with Crippen LogP contribution in [0.2, 0.25) is 0 Å². The zero-order chi connectivity index (χ0) is 22.1. The van der Waals surface area contributed by atoms with Gasteiger partial charge in [-0.2, -0.15) is 0 Å². The monoisotopic (exact) mass is 426 g/mol. The number of benzene rings is 1. The average molecular weight is 426 g/mol. The van der Waals surface area contributed by atoms with E-state index in [9.17, 15) is 13.6 Å². The number of rotatable bonds is 5. The van der Waals surface area contributed by atoms with E-state index in [1.165, 1.54) is 13.0 Å². The highest BCUT2D eigenvalue weighted by Gasteiger charge is 2.24. The minimum absolute atomic E-state index is 0.0418. The van der Waals surface area contributed by atoms with Crippen molar-refractivity contribution >= 4 is 28.4 Å². The van der Waals surface area contributed by atoms with Gasteiger partial charge < -0.3 is 15.5 Å². The molecule has 162 valence electrons. The highest BCUT2D eigenvalue weighted by atomic mass is 19.2. The number of anilines is 2. The number of nitrogens with one attached hydrogen (secondary N) is 2. The molecule has 31 heavy (non-hydrogen) atoms. The van der Waals surface area contributed by atoms with Gasteiger partial charge in [-0.1, -0.05) is 6.07 Å². The van der Waals surface area contributed by atoms with Crippen LogP contribution in [-0.4, -0.2) is 40.0 Å². The Bertz CT molecular complexity index is 1140. The summed E-state index contributed by atoms with van der Waals surface area (Å²) in [6, 6.07) is 5.56. The third-order valence-corrected chi connectivity index (χ3v) is 5.40. The third kappa shape index (κ3) is 4.55. The number of amides is 1. The van der Waals surface area contributed by atoms with Gasteiger partial charge in [0.1, 0.15) is 17.5 Å². The smallest absolute Gasteiger partial charge is 0.217 e. The Morgan fingerprint density at radius 1 is 1.23 bits per heavy atom. The number of hydrogen-bond donors (Lipinski definition) is 2. The van der Waals surface area contributed by atoms with Gasteiger partial charge in [0.2, 0.25) is 5.91 Å². The van der Waals surface area contributed by atoms with Crippen molar-refractivity contribution < 1.29 is 13.6 Å². The Hall–Kier alpha value is -3.36. The van der Waals surface area contributed by atoms with Gasteiger partial charge in [0, 0.05) is 31.4 Å². The maximum Gasteiger partial charge on any atom is 0.217 e. The van der Waals surface area contributed by atoms with Gasteiger partial charge in [-0.15, -0.1) is 0 Å². The van der Waals surface area contributed by atoms with Gasteiger partial charge in [0.25, 0.3) is 0 Å². The number of aromatic nitrogens is 3. The first-order valence-corrected chi connectivity index (χ1v) is 10.2. The van der Waals surface area contributed by atoms with Gasteiger partial charge in [-0.25, -0.2) is 23.7 Å². The molecule has 1 aliphatic rings. The predicted molar refractivity (Wildman–Crippen MR) is 115 cm³/mol. The van der Waals surface area contributed by atoms with E-state index < -0.39 is 11.6 Å². The average Bonchev–Trinajstić information content (AvgIpc) is 3.17. The number of aryl methyl sites for hydroxylation is 1. The summed E-state index contributed by atoms with van der Waals surface area (Å²) >= 11 is 0. The number of carbonyl (C=O) groups excluding carboxylic acids is 1. The Morgan fingerprint density at radius 2 is 2.03 bits per heavy atom. The summed E-state index contributed by atoms with van der Waals surface area (Å²) < 4.78 is 27.0. The Morgan fingerprint density at radius 3 is 2.77 bits per heavy atom. The van der Waals surface area contributed by atoms with E-state index >= 15 is 0 Å². The highest BCUT2D eigenvalue weighted by molar-refractivity contribution is 5.90. The van der Waals surface area contributed by atoms with Gasteiger partial charge in [-0.05, 0) is 44.0 Å². The van der Waals surface area contributed by atoms with E-state index in [0.717, 1.165) is 30.2 Å². The standard InChI is InChI=1S/C22H24F2N6O/c1-12(15-4-5-18(23)19(24)8-15)26-22-17-9-21(25-10-20(17)27-13(2)28-22)30-7-6-16(11-30)29-14(3)31/h4-5,8-10,12,16H,6-7,11H2,1-3H3,(H,29,31)(H,26,27,28)/t12-,16-/m1/s1. The van der Waals surface area contributed by atoms with E-state index in [0.29, 0.717) is 29.3 Å². The number of carbonyl (C=O) groups is 1. The first kappa shape index (κ1) is 20.9. The van der Waals surface area contributed by atoms with Crippen LogP contribution in [0.5, 0.6) is 0 Å². The summed E-state index contributed by atoms with van der Waals surface area (Å²) in [5, 5.41) is 7.03. The van der Waals surface area contributed by atoms with E-state index in [1.54, 1.807) is 19.2 Å². The van der Waals surface area contributed by atoms with Gasteiger partial charge in [-0.3, -0.25) is 4.79 Å². The molecule has 1 saturated heterocycles. The van der Waals surface area contributed by atoms with Crippen molar-refractivity contribution in [3.05, 3.63) is 53.5 Å². The Kier molecular flexibility index (Phi) is 5.67. The van der Waals surface area contributed by atoms with E-state index in [4.69, 9.17) is 0 Å². The molecule has 2 N–H and O–H groups in total. The molecule has 0 spiro atoms. The van der Waals surface area contributed by atoms with Gasteiger partial charge in [0.05, 0.1) is 17.8 Å². The van der Waals surface area contributed by atoms with Crippen molar-refractivity contribution in [1.82, 2.24) is 20.3 Å². The normalized spacial score (nSPS) is 17.1. The van der Waals surface area contributed by atoms with Crippen LogP contribution in [0.3, 0.4) is 0 Å². The molecule has 2 aromatic heterocycles. The molecule has 3 aromatic rings. The lowest BCUT2D eigenvalue weighted by Crippen LogP contribution is -2.35. The molecular weight excluding hydrogens is 402 g/mol. The van der Waals surface area contributed by atoms with Crippen molar-refractivity contribution in [2.75, 3.05) is 23.3 Å². The number of nitrogens with zero attached hydrogens (tertiary/aromatic N) is 4. The summed E-state index contributed by atoms with van der Waals surface area (Å²) in [6.07, 6.45) is 2.56. The number of hydrogen-bond acceptors (Lipinski definition) is 6. The van der Waals surface area contributed by atoms with Crippen molar-refractivity contribution in [2.45, 2.75) is 39.3 Å². The molecule has 1 aromatic carbocycles. The van der Waals surface area contributed by atoms with Crippen LogP contribution in [0.4, 0.5) is 20.4 Å². The molecular formula is C22H24F2N6O. The van der Waals surface area contributed by atoms with Crippen LogP contribution in [0.15, 0.2) is 30.5 Å². The summed E-state index contributed by atoms with van der Waals surface area (Å²) in [7, 11) is 0. The first-order valence-electron chi connectivity index (χ1n) is 10.2. The van der Waals surface area contributed by atoms with Crippen LogP contribution in [-0.2, 0) is 4.79 Å². The van der Waals surface area contributed by atoms with Crippen molar-refractivity contribution in [2.24, 2.45) is 0 Å². The number of halogens is 2. The van der Waals surface area contributed by atoms with Crippen molar-refractivity contribution in [3.8, 4) is 0 Å².